The number of nitrogens with one attached hydrogen (secondary N) is 1. The van der Waals surface area contributed by atoms with Gasteiger partial charge in [0, 0.05) is 5.69 Å². The maximum atomic E-state index is 12.0. The van der Waals surface area contributed by atoms with Gasteiger partial charge in [0.05, 0.1) is 11.3 Å². The number of hydrogen-bond acceptors (Lipinski definition) is 4. The van der Waals surface area contributed by atoms with Crippen molar-refractivity contribution in [2.45, 2.75) is 13.3 Å². The Morgan fingerprint density at radius 2 is 1.80 bits per heavy atom. The normalized spacial score (nSPS) is 11.4. The Hall–Kier alpha value is -2.08. The molecule has 0 atom stereocenters. The number of sulfonamides is 1. The number of amides is 1. The molecule has 3 N–H and O–H groups in total. The van der Waals surface area contributed by atoms with Gasteiger partial charge in [-0.05, 0) is 29.3 Å². The maximum Gasteiger partial charge on any atom is 0.266 e. The third-order valence-corrected chi connectivity index (χ3v) is 4.33. The minimum Gasteiger partial charge on any atom is -0.398 e. The second kappa shape index (κ2) is 5.50. The number of anilines is 1. The van der Waals surface area contributed by atoms with Gasteiger partial charge in [0.2, 0.25) is 10.0 Å². The SMILES string of the molecule is CCCS(=O)(=O)NC(=O)c1cc2ccccc2cc1N. The highest BCUT2D eigenvalue weighted by Gasteiger charge is 2.17. The van der Waals surface area contributed by atoms with Crippen LogP contribution in [-0.4, -0.2) is 20.1 Å². The highest BCUT2D eigenvalue weighted by atomic mass is 32.2. The number of rotatable bonds is 4. The van der Waals surface area contributed by atoms with Gasteiger partial charge < -0.3 is 5.73 Å². The van der Waals surface area contributed by atoms with Crippen LogP contribution in [0.2, 0.25) is 0 Å². The van der Waals surface area contributed by atoms with Crippen LogP contribution in [0.1, 0.15) is 23.7 Å². The molecule has 0 bridgehead atoms. The number of carbonyl (C=O) groups excluding carboxylic acids is 1. The smallest absolute Gasteiger partial charge is 0.266 e. The molecule has 1 amide bonds. The molecule has 20 heavy (non-hydrogen) atoms. The first-order valence-corrected chi connectivity index (χ1v) is 7.91. The van der Waals surface area contributed by atoms with Crippen molar-refractivity contribution in [3.8, 4) is 0 Å². The lowest BCUT2D eigenvalue weighted by molar-refractivity contribution is 0.0982. The van der Waals surface area contributed by atoms with Crippen molar-refractivity contribution in [2.24, 2.45) is 0 Å². The number of fused-ring (bicyclic) bond motifs is 1. The molecule has 6 heteroatoms. The Morgan fingerprint density at radius 1 is 1.20 bits per heavy atom. The summed E-state index contributed by atoms with van der Waals surface area (Å²) in [6, 6.07) is 10.7. The van der Waals surface area contributed by atoms with Crippen molar-refractivity contribution in [2.75, 3.05) is 11.5 Å². The quantitative estimate of drug-likeness (QED) is 0.842. The molecule has 0 saturated heterocycles. The first kappa shape index (κ1) is 14.3. The predicted molar refractivity (Wildman–Crippen MR) is 79.9 cm³/mol. The van der Waals surface area contributed by atoms with E-state index < -0.39 is 15.9 Å². The molecule has 0 heterocycles. The molecule has 0 saturated carbocycles. The first-order valence-electron chi connectivity index (χ1n) is 6.26. The summed E-state index contributed by atoms with van der Waals surface area (Å²) in [6.45, 7) is 1.73. The second-order valence-electron chi connectivity index (χ2n) is 4.54. The number of nitrogen functional groups attached to an aromatic ring is 1. The second-order valence-corrected chi connectivity index (χ2v) is 6.38. The average Bonchev–Trinajstić information content (AvgIpc) is 2.37. The van der Waals surface area contributed by atoms with E-state index in [1.165, 1.54) is 0 Å². The summed E-state index contributed by atoms with van der Waals surface area (Å²) in [7, 11) is -3.60. The molecule has 2 aromatic rings. The van der Waals surface area contributed by atoms with Crippen LogP contribution >= 0.6 is 0 Å². The molecule has 0 unspecified atom stereocenters. The van der Waals surface area contributed by atoms with Crippen LogP contribution in [0.25, 0.3) is 10.8 Å². The number of benzene rings is 2. The van der Waals surface area contributed by atoms with Gasteiger partial charge in [-0.3, -0.25) is 4.79 Å². The molecule has 5 nitrogen and oxygen atoms in total. The summed E-state index contributed by atoms with van der Waals surface area (Å²) >= 11 is 0. The van der Waals surface area contributed by atoms with Crippen molar-refractivity contribution in [1.29, 1.82) is 0 Å². The summed E-state index contributed by atoms with van der Waals surface area (Å²) in [6.07, 6.45) is 0.440. The van der Waals surface area contributed by atoms with E-state index in [9.17, 15) is 13.2 Å². The highest BCUT2D eigenvalue weighted by Crippen LogP contribution is 2.21. The number of nitrogens with two attached hydrogens (primary N) is 1. The summed E-state index contributed by atoms with van der Waals surface area (Å²) < 4.78 is 25.3. The lowest BCUT2D eigenvalue weighted by atomic mass is 10.0. The molecule has 106 valence electrons. The van der Waals surface area contributed by atoms with E-state index in [2.05, 4.69) is 0 Å². The van der Waals surface area contributed by atoms with Gasteiger partial charge in [-0.25, -0.2) is 13.1 Å². The maximum absolute atomic E-state index is 12.0. The van der Waals surface area contributed by atoms with Gasteiger partial charge in [-0.15, -0.1) is 0 Å². The third kappa shape index (κ3) is 3.08. The zero-order chi connectivity index (χ0) is 14.8. The van der Waals surface area contributed by atoms with Crippen LogP contribution in [0.3, 0.4) is 0 Å². The molecule has 0 fully saturated rings. The molecule has 2 rings (SSSR count). The van der Waals surface area contributed by atoms with E-state index in [0.717, 1.165) is 10.8 Å². The van der Waals surface area contributed by atoms with Crippen LogP contribution in [0.4, 0.5) is 5.69 Å². The van der Waals surface area contributed by atoms with Gasteiger partial charge in [-0.1, -0.05) is 31.2 Å². The minimum atomic E-state index is -3.60. The Balaban J connectivity index is 2.37. The molecule has 0 aliphatic heterocycles. The van der Waals surface area contributed by atoms with Crippen molar-refractivity contribution < 1.29 is 13.2 Å². The molecule has 0 radical (unpaired) electrons. The van der Waals surface area contributed by atoms with E-state index >= 15 is 0 Å². The number of carbonyl (C=O) groups is 1. The van der Waals surface area contributed by atoms with E-state index in [0.29, 0.717) is 6.42 Å². The molecular weight excluding hydrogens is 276 g/mol. The average molecular weight is 292 g/mol. The van der Waals surface area contributed by atoms with Crippen molar-refractivity contribution in [3.63, 3.8) is 0 Å². The van der Waals surface area contributed by atoms with E-state index in [1.807, 2.05) is 29.0 Å². The minimum absolute atomic E-state index is 0.0910. The fourth-order valence-corrected chi connectivity index (χ4v) is 3.00. The highest BCUT2D eigenvalue weighted by molar-refractivity contribution is 7.90. The lowest BCUT2D eigenvalue weighted by Crippen LogP contribution is -2.32. The zero-order valence-corrected chi connectivity index (χ0v) is 11.9. The van der Waals surface area contributed by atoms with Crippen molar-refractivity contribution in [1.82, 2.24) is 4.72 Å². The summed E-state index contributed by atoms with van der Waals surface area (Å²) in [5.74, 6) is -0.784. The van der Waals surface area contributed by atoms with Crippen LogP contribution in [0, 0.1) is 0 Å². The molecule has 0 aliphatic rings. The van der Waals surface area contributed by atoms with Crippen LogP contribution in [0.15, 0.2) is 36.4 Å². The Morgan fingerprint density at radius 3 is 2.40 bits per heavy atom. The van der Waals surface area contributed by atoms with Crippen LogP contribution in [-0.2, 0) is 10.0 Å². The van der Waals surface area contributed by atoms with Gasteiger partial charge >= 0.3 is 0 Å². The summed E-state index contributed by atoms with van der Waals surface area (Å²) in [5, 5.41) is 1.73. The van der Waals surface area contributed by atoms with Gasteiger partial charge in [-0.2, -0.15) is 0 Å². The van der Waals surface area contributed by atoms with Crippen molar-refractivity contribution in [3.05, 3.63) is 42.0 Å². The third-order valence-electron chi connectivity index (χ3n) is 2.88. The summed E-state index contributed by atoms with van der Waals surface area (Å²) in [4.78, 5) is 12.0. The van der Waals surface area contributed by atoms with Gasteiger partial charge in [0.1, 0.15) is 0 Å². The van der Waals surface area contributed by atoms with Gasteiger partial charge in [0.15, 0.2) is 0 Å². The Bertz CT molecular complexity index is 754. The molecular formula is C14H16N2O3S. The predicted octanol–water partition coefficient (Wildman–Crippen LogP) is 1.89. The standard InChI is InChI=1S/C14H16N2O3S/c1-2-7-20(18,19)16-14(17)12-8-10-5-3-4-6-11(10)9-13(12)15/h3-6,8-9H,2,7,15H2,1H3,(H,16,17). The summed E-state index contributed by atoms with van der Waals surface area (Å²) in [5.41, 5.74) is 6.25. The largest absolute Gasteiger partial charge is 0.398 e. The Kier molecular flexibility index (Phi) is 3.94. The van der Waals surface area contributed by atoms with Crippen LogP contribution < -0.4 is 10.5 Å². The lowest BCUT2D eigenvalue weighted by Gasteiger charge is -2.09. The molecule has 2 aromatic carbocycles. The van der Waals surface area contributed by atoms with Crippen LogP contribution in [0.5, 0.6) is 0 Å². The van der Waals surface area contributed by atoms with E-state index in [-0.39, 0.29) is 17.0 Å². The topological polar surface area (TPSA) is 89.3 Å². The Labute approximate surface area is 117 Å². The molecule has 0 aromatic heterocycles. The molecule has 0 spiro atoms. The number of hydrogen-bond donors (Lipinski definition) is 2. The zero-order valence-electron chi connectivity index (χ0n) is 11.1. The fourth-order valence-electron chi connectivity index (χ4n) is 1.97. The van der Waals surface area contributed by atoms with Gasteiger partial charge in [0.25, 0.3) is 5.91 Å². The fraction of sp³-hybridized carbons (Fsp3) is 0.214. The first-order chi connectivity index (χ1) is 9.43. The van der Waals surface area contributed by atoms with Crippen molar-refractivity contribution >= 4 is 32.4 Å². The molecule has 0 aliphatic carbocycles. The monoisotopic (exact) mass is 292 g/mol. The van der Waals surface area contributed by atoms with E-state index in [1.54, 1.807) is 19.1 Å². The van der Waals surface area contributed by atoms with E-state index in [4.69, 9.17) is 5.73 Å².